The number of alkyl halides is 1. The highest BCUT2D eigenvalue weighted by Gasteiger charge is 2.25. The summed E-state index contributed by atoms with van der Waals surface area (Å²) in [5.74, 6) is 1.27. The van der Waals surface area contributed by atoms with Crippen molar-refractivity contribution in [3.63, 3.8) is 0 Å². The Balaban J connectivity index is 1.49. The molecule has 0 atom stereocenters. The van der Waals surface area contributed by atoms with Crippen molar-refractivity contribution in [1.82, 2.24) is 29.5 Å². The highest BCUT2D eigenvalue weighted by Crippen LogP contribution is 2.30. The number of nitrogens with one attached hydrogen (secondary N) is 1. The number of nitrogens with zero attached hydrogens (tertiary/aromatic N) is 6. The van der Waals surface area contributed by atoms with Gasteiger partial charge in [0, 0.05) is 38.7 Å². The van der Waals surface area contributed by atoms with Crippen LogP contribution in [0, 0.1) is 0 Å². The van der Waals surface area contributed by atoms with Gasteiger partial charge in [-0.3, -0.25) is 0 Å². The van der Waals surface area contributed by atoms with Gasteiger partial charge in [-0.2, -0.15) is 4.98 Å². The fourth-order valence-corrected chi connectivity index (χ4v) is 4.14. The molecular weight excluding hydrogens is 417 g/mol. The van der Waals surface area contributed by atoms with Crippen molar-refractivity contribution in [2.45, 2.75) is 51.6 Å². The van der Waals surface area contributed by atoms with Crippen molar-refractivity contribution < 1.29 is 4.39 Å². The van der Waals surface area contributed by atoms with Gasteiger partial charge in [-0.25, -0.2) is 19.3 Å². The molecule has 0 saturated carbocycles. The number of anilines is 1. The molecular formula is C25H32FN7. The molecule has 4 rings (SSSR count). The van der Waals surface area contributed by atoms with Gasteiger partial charge in [0.15, 0.2) is 11.3 Å². The molecule has 0 spiro atoms. The number of fused-ring (bicyclic) bond motifs is 1. The molecule has 1 aliphatic rings. The number of aryl methyl sites for hydroxylation is 1. The summed E-state index contributed by atoms with van der Waals surface area (Å²) in [6.45, 7) is 10.7. The molecule has 1 N–H and O–H groups in total. The van der Waals surface area contributed by atoms with Crippen molar-refractivity contribution in [1.29, 1.82) is 0 Å². The maximum atomic E-state index is 14.5. The third kappa shape index (κ3) is 5.21. The first kappa shape index (κ1) is 22.9. The minimum atomic E-state index is -1.51. The first-order valence-electron chi connectivity index (χ1n) is 11.4. The Morgan fingerprint density at radius 3 is 2.67 bits per heavy atom. The van der Waals surface area contributed by atoms with Crippen LogP contribution in [0.2, 0.25) is 0 Å². The molecule has 1 saturated heterocycles. The van der Waals surface area contributed by atoms with E-state index in [1.165, 1.54) is 13.8 Å². The van der Waals surface area contributed by atoms with Crippen LogP contribution in [-0.2, 0) is 13.5 Å². The number of halogens is 1. The van der Waals surface area contributed by atoms with Gasteiger partial charge in [0.25, 0.3) is 0 Å². The van der Waals surface area contributed by atoms with Crippen LogP contribution in [0.15, 0.2) is 54.7 Å². The first-order chi connectivity index (χ1) is 15.7. The van der Waals surface area contributed by atoms with Gasteiger partial charge in [0.05, 0.1) is 23.9 Å². The molecule has 3 aromatic heterocycles. The highest BCUT2D eigenvalue weighted by atomic mass is 19.1. The number of rotatable bonds is 7. The zero-order valence-electron chi connectivity index (χ0n) is 19.8. The molecule has 1 fully saturated rings. The minimum absolute atomic E-state index is 0.448. The number of aromatic amines is 1. The van der Waals surface area contributed by atoms with E-state index in [0.717, 1.165) is 48.8 Å². The zero-order valence-corrected chi connectivity index (χ0v) is 19.8. The number of H-pyrrole nitrogens is 1. The lowest BCUT2D eigenvalue weighted by molar-refractivity contribution is 0.272. The second-order valence-electron chi connectivity index (χ2n) is 9.16. The van der Waals surface area contributed by atoms with Gasteiger partial charge in [-0.1, -0.05) is 24.8 Å². The van der Waals surface area contributed by atoms with E-state index in [1.807, 2.05) is 43.1 Å². The van der Waals surface area contributed by atoms with Crippen molar-refractivity contribution in [3.8, 4) is 0 Å². The van der Waals surface area contributed by atoms with Crippen LogP contribution in [0.1, 0.15) is 50.9 Å². The average molecular weight is 450 g/mol. The quantitative estimate of drug-likeness (QED) is 0.524. The van der Waals surface area contributed by atoms with E-state index in [2.05, 4.69) is 37.6 Å². The number of aromatic nitrogens is 6. The van der Waals surface area contributed by atoms with Crippen molar-refractivity contribution in [2.24, 2.45) is 7.05 Å². The first-order valence-corrected chi connectivity index (χ1v) is 11.4. The molecule has 0 aromatic carbocycles. The third-order valence-electron chi connectivity index (χ3n) is 6.15. The topological polar surface area (TPSA) is 75.5 Å². The van der Waals surface area contributed by atoms with Gasteiger partial charge in [0.2, 0.25) is 5.95 Å². The number of allylic oxidation sites excluding steroid dienone is 5. The monoisotopic (exact) mass is 449 g/mol. The summed E-state index contributed by atoms with van der Waals surface area (Å²) in [4.78, 5) is 24.0. The Morgan fingerprint density at radius 1 is 1.27 bits per heavy atom. The number of hydrogen-bond acceptors (Lipinski definition) is 5. The average Bonchev–Trinajstić information content (AvgIpc) is 3.41. The predicted octanol–water partition coefficient (Wildman–Crippen LogP) is 4.82. The van der Waals surface area contributed by atoms with Gasteiger partial charge in [-0.15, -0.1) is 0 Å². The molecule has 7 nitrogen and oxygen atoms in total. The summed E-state index contributed by atoms with van der Waals surface area (Å²) >= 11 is 0. The molecule has 0 aliphatic carbocycles. The fourth-order valence-electron chi connectivity index (χ4n) is 4.14. The Bertz CT molecular complexity index is 1190. The summed E-state index contributed by atoms with van der Waals surface area (Å²) in [5.41, 5.74) is 2.87. The number of imidazole rings is 2. The van der Waals surface area contributed by atoms with Crippen LogP contribution in [0.3, 0.4) is 0 Å². The summed E-state index contributed by atoms with van der Waals surface area (Å²) in [7, 11) is 2.00. The standard InChI is InChI=1S/C25H32FN7/c1-6-7-8-19(17(2)25(3,4)26)13-20-14-27-22-23(29-20)31-24(30-22)33-11-9-18(10-12-33)21-15-32(5)16-28-21/h6-8,14-16,18H,2,9-13H2,1,3-5H3,(H,27,29,30,31)/b7-6-,19-8-. The second kappa shape index (κ2) is 9.29. The summed E-state index contributed by atoms with van der Waals surface area (Å²) in [6.07, 6.45) is 13.9. The summed E-state index contributed by atoms with van der Waals surface area (Å²) < 4.78 is 16.5. The van der Waals surface area contributed by atoms with Crippen LogP contribution < -0.4 is 4.90 Å². The predicted molar refractivity (Wildman–Crippen MR) is 130 cm³/mol. The van der Waals surface area contributed by atoms with E-state index in [1.54, 1.807) is 6.20 Å². The lowest BCUT2D eigenvalue weighted by atomic mass is 9.91. The van der Waals surface area contributed by atoms with Crippen molar-refractivity contribution in [2.75, 3.05) is 18.0 Å². The van der Waals surface area contributed by atoms with Crippen LogP contribution in [0.4, 0.5) is 10.3 Å². The van der Waals surface area contributed by atoms with Crippen LogP contribution in [0.5, 0.6) is 0 Å². The minimum Gasteiger partial charge on any atom is -0.342 e. The van der Waals surface area contributed by atoms with Gasteiger partial charge < -0.3 is 14.5 Å². The summed E-state index contributed by atoms with van der Waals surface area (Å²) in [6, 6.07) is 0. The maximum Gasteiger partial charge on any atom is 0.206 e. The van der Waals surface area contributed by atoms with Crippen LogP contribution >= 0.6 is 0 Å². The molecule has 1 aliphatic heterocycles. The van der Waals surface area contributed by atoms with Gasteiger partial charge in [0.1, 0.15) is 5.67 Å². The Kier molecular flexibility index (Phi) is 6.44. The van der Waals surface area contributed by atoms with Crippen LogP contribution in [-0.4, -0.2) is 48.2 Å². The van der Waals surface area contributed by atoms with E-state index < -0.39 is 5.67 Å². The Morgan fingerprint density at radius 2 is 2.03 bits per heavy atom. The lowest BCUT2D eigenvalue weighted by Gasteiger charge is -2.30. The Labute approximate surface area is 194 Å². The number of piperidine rings is 1. The largest absolute Gasteiger partial charge is 0.342 e. The molecule has 33 heavy (non-hydrogen) atoms. The van der Waals surface area contributed by atoms with Crippen LogP contribution in [0.25, 0.3) is 11.3 Å². The maximum absolute atomic E-state index is 14.5. The second-order valence-corrected chi connectivity index (χ2v) is 9.16. The Hall–Kier alpha value is -3.29. The molecule has 0 amide bonds. The smallest absolute Gasteiger partial charge is 0.206 e. The SMILES string of the molecule is C=C(/C(=C\C=C/C)Cc1cnc2nc(N3CCC(c4cn(C)cn4)CC3)[nH]c2n1)C(C)(C)F. The third-order valence-corrected chi connectivity index (χ3v) is 6.15. The van der Waals surface area contributed by atoms with E-state index in [0.29, 0.717) is 29.2 Å². The molecule has 3 aromatic rings. The van der Waals surface area contributed by atoms with Crippen molar-refractivity contribution >= 4 is 17.2 Å². The lowest BCUT2D eigenvalue weighted by Crippen LogP contribution is -2.33. The molecule has 0 bridgehead atoms. The normalized spacial score (nSPS) is 16.3. The van der Waals surface area contributed by atoms with E-state index in [4.69, 9.17) is 4.98 Å². The van der Waals surface area contributed by atoms with E-state index in [-0.39, 0.29) is 0 Å². The molecule has 4 heterocycles. The van der Waals surface area contributed by atoms with Gasteiger partial charge in [-0.05, 0) is 44.8 Å². The van der Waals surface area contributed by atoms with Crippen molar-refractivity contribution in [3.05, 3.63) is 66.1 Å². The molecule has 174 valence electrons. The van der Waals surface area contributed by atoms with E-state index >= 15 is 0 Å². The van der Waals surface area contributed by atoms with E-state index in [9.17, 15) is 4.39 Å². The number of hydrogen-bond donors (Lipinski definition) is 1. The molecule has 8 heteroatoms. The fraction of sp³-hybridized carbons (Fsp3) is 0.440. The summed E-state index contributed by atoms with van der Waals surface area (Å²) in [5, 5.41) is 0. The van der Waals surface area contributed by atoms with Gasteiger partial charge >= 0.3 is 0 Å². The molecule has 0 unspecified atom stereocenters. The highest BCUT2D eigenvalue weighted by molar-refractivity contribution is 5.69. The zero-order chi connectivity index (χ0) is 23.6. The molecule has 0 radical (unpaired) electrons.